The molecule has 0 spiro atoms. The molecule has 0 aliphatic rings. The lowest BCUT2D eigenvalue weighted by molar-refractivity contribution is 0.890. The first-order valence-corrected chi connectivity index (χ1v) is 5.72. The van der Waals surface area contributed by atoms with E-state index in [1.54, 1.807) is 6.07 Å². The van der Waals surface area contributed by atoms with E-state index in [0.29, 0.717) is 16.4 Å². The molecule has 0 amide bonds. The standard InChI is InChI=1S/C11H11Cl2N3/c1-6(2)14-10-7-4-3-5-8(12)9(7)15-11(13)16-10/h3-6H,1-2H3,(H,14,15,16). The van der Waals surface area contributed by atoms with Gasteiger partial charge in [0, 0.05) is 11.4 Å². The SMILES string of the molecule is CC(C)Nc1nc(Cl)nc2c(Cl)cccc12. The van der Waals surface area contributed by atoms with Gasteiger partial charge in [-0.25, -0.2) is 9.97 Å². The van der Waals surface area contributed by atoms with Gasteiger partial charge in [-0.15, -0.1) is 0 Å². The van der Waals surface area contributed by atoms with E-state index in [9.17, 15) is 0 Å². The average Bonchev–Trinajstić information content (AvgIpc) is 2.18. The number of anilines is 1. The fourth-order valence-electron chi connectivity index (χ4n) is 1.47. The van der Waals surface area contributed by atoms with Crippen molar-refractivity contribution >= 4 is 39.9 Å². The van der Waals surface area contributed by atoms with Crippen LogP contribution in [-0.4, -0.2) is 16.0 Å². The quantitative estimate of drug-likeness (QED) is 0.831. The summed E-state index contributed by atoms with van der Waals surface area (Å²) in [5, 5.41) is 4.88. The monoisotopic (exact) mass is 255 g/mol. The molecule has 1 heterocycles. The summed E-state index contributed by atoms with van der Waals surface area (Å²) in [4.78, 5) is 8.29. The summed E-state index contributed by atoms with van der Waals surface area (Å²) in [6.07, 6.45) is 0. The van der Waals surface area contributed by atoms with Gasteiger partial charge in [-0.3, -0.25) is 0 Å². The molecule has 1 aromatic heterocycles. The number of nitrogens with zero attached hydrogens (tertiary/aromatic N) is 2. The van der Waals surface area contributed by atoms with Crippen molar-refractivity contribution in [3.8, 4) is 0 Å². The number of hydrogen-bond donors (Lipinski definition) is 1. The maximum Gasteiger partial charge on any atom is 0.224 e. The van der Waals surface area contributed by atoms with Crippen LogP contribution in [0.5, 0.6) is 0 Å². The van der Waals surface area contributed by atoms with Crippen LogP contribution in [0.25, 0.3) is 10.9 Å². The van der Waals surface area contributed by atoms with Gasteiger partial charge >= 0.3 is 0 Å². The Kier molecular flexibility index (Phi) is 3.17. The van der Waals surface area contributed by atoms with Crippen molar-refractivity contribution in [2.75, 3.05) is 5.32 Å². The second-order valence-corrected chi connectivity index (χ2v) is 4.52. The molecule has 5 heteroatoms. The van der Waals surface area contributed by atoms with Gasteiger partial charge in [0.05, 0.1) is 10.5 Å². The number of rotatable bonds is 2. The van der Waals surface area contributed by atoms with E-state index in [0.717, 1.165) is 5.39 Å². The van der Waals surface area contributed by atoms with Crippen molar-refractivity contribution in [3.05, 3.63) is 28.5 Å². The molecule has 0 fully saturated rings. The smallest absolute Gasteiger partial charge is 0.224 e. The number of halogens is 2. The highest BCUT2D eigenvalue weighted by atomic mass is 35.5. The molecule has 0 bridgehead atoms. The minimum atomic E-state index is 0.198. The van der Waals surface area contributed by atoms with Crippen LogP contribution in [-0.2, 0) is 0 Å². The zero-order valence-electron chi connectivity index (χ0n) is 8.96. The minimum absolute atomic E-state index is 0.198. The molecule has 1 N–H and O–H groups in total. The molecule has 0 atom stereocenters. The molecule has 0 aliphatic heterocycles. The van der Waals surface area contributed by atoms with Crippen LogP contribution < -0.4 is 5.32 Å². The highest BCUT2D eigenvalue weighted by Crippen LogP contribution is 2.27. The van der Waals surface area contributed by atoms with E-state index in [-0.39, 0.29) is 11.3 Å². The predicted molar refractivity (Wildman–Crippen MR) is 68.3 cm³/mol. The zero-order valence-corrected chi connectivity index (χ0v) is 10.5. The number of para-hydroxylation sites is 1. The molecule has 1 aromatic carbocycles. The van der Waals surface area contributed by atoms with Crippen LogP contribution in [0.3, 0.4) is 0 Å². The fraction of sp³-hybridized carbons (Fsp3) is 0.273. The Hall–Kier alpha value is -1.06. The topological polar surface area (TPSA) is 37.8 Å². The Bertz CT molecular complexity index is 526. The maximum absolute atomic E-state index is 6.06. The third-order valence-electron chi connectivity index (χ3n) is 2.08. The summed E-state index contributed by atoms with van der Waals surface area (Å²) in [5.41, 5.74) is 0.673. The summed E-state index contributed by atoms with van der Waals surface area (Å²) in [6.45, 7) is 4.07. The van der Waals surface area contributed by atoms with Crippen LogP contribution in [0, 0.1) is 0 Å². The summed E-state index contributed by atoms with van der Waals surface area (Å²) in [6, 6.07) is 5.84. The summed E-state index contributed by atoms with van der Waals surface area (Å²) in [7, 11) is 0. The Morgan fingerprint density at radius 1 is 1.19 bits per heavy atom. The molecule has 3 nitrogen and oxygen atoms in total. The Morgan fingerprint density at radius 3 is 2.62 bits per heavy atom. The predicted octanol–water partition coefficient (Wildman–Crippen LogP) is 3.76. The van der Waals surface area contributed by atoms with Crippen molar-refractivity contribution < 1.29 is 0 Å². The molecule has 0 saturated carbocycles. The first kappa shape index (κ1) is 11.4. The van der Waals surface area contributed by atoms with Crippen LogP contribution in [0.15, 0.2) is 18.2 Å². The Balaban J connectivity index is 2.68. The average molecular weight is 256 g/mol. The second kappa shape index (κ2) is 4.44. The van der Waals surface area contributed by atoms with Gasteiger partial charge in [-0.2, -0.15) is 0 Å². The molecule has 84 valence electrons. The largest absolute Gasteiger partial charge is 0.367 e. The van der Waals surface area contributed by atoms with Crippen molar-refractivity contribution in [2.24, 2.45) is 0 Å². The maximum atomic E-state index is 6.06. The fourth-order valence-corrected chi connectivity index (χ4v) is 1.86. The Labute approximate surface area is 104 Å². The normalized spacial score (nSPS) is 11.1. The second-order valence-electron chi connectivity index (χ2n) is 3.78. The molecule has 2 rings (SSSR count). The Morgan fingerprint density at radius 2 is 1.94 bits per heavy atom. The van der Waals surface area contributed by atoms with E-state index in [4.69, 9.17) is 23.2 Å². The van der Waals surface area contributed by atoms with E-state index in [1.807, 2.05) is 26.0 Å². The lowest BCUT2D eigenvalue weighted by atomic mass is 10.2. The summed E-state index contributed by atoms with van der Waals surface area (Å²) < 4.78 is 0. The lowest BCUT2D eigenvalue weighted by Crippen LogP contribution is -2.11. The van der Waals surface area contributed by atoms with Gasteiger partial charge in [-0.05, 0) is 37.6 Å². The van der Waals surface area contributed by atoms with Gasteiger partial charge in [0.2, 0.25) is 5.28 Å². The van der Waals surface area contributed by atoms with Crippen LogP contribution >= 0.6 is 23.2 Å². The minimum Gasteiger partial charge on any atom is -0.367 e. The van der Waals surface area contributed by atoms with Crippen molar-refractivity contribution in [1.82, 2.24) is 9.97 Å². The van der Waals surface area contributed by atoms with Crippen LogP contribution in [0.1, 0.15) is 13.8 Å². The molecule has 0 unspecified atom stereocenters. The summed E-state index contributed by atoms with van der Waals surface area (Å²) in [5.74, 6) is 0.715. The van der Waals surface area contributed by atoms with E-state index >= 15 is 0 Å². The highest BCUT2D eigenvalue weighted by molar-refractivity contribution is 6.36. The van der Waals surface area contributed by atoms with Crippen molar-refractivity contribution in [1.29, 1.82) is 0 Å². The van der Waals surface area contributed by atoms with Crippen molar-refractivity contribution in [3.63, 3.8) is 0 Å². The third-order valence-corrected chi connectivity index (χ3v) is 2.55. The number of hydrogen-bond acceptors (Lipinski definition) is 3. The van der Waals surface area contributed by atoms with Gasteiger partial charge in [0.25, 0.3) is 0 Å². The molecule has 0 radical (unpaired) electrons. The van der Waals surface area contributed by atoms with Crippen LogP contribution in [0.2, 0.25) is 10.3 Å². The number of aromatic nitrogens is 2. The third kappa shape index (κ3) is 2.20. The number of fused-ring (bicyclic) bond motifs is 1. The molecular formula is C11H11Cl2N3. The molecule has 0 saturated heterocycles. The van der Waals surface area contributed by atoms with E-state index in [2.05, 4.69) is 15.3 Å². The van der Waals surface area contributed by atoms with Crippen LogP contribution in [0.4, 0.5) is 5.82 Å². The molecular weight excluding hydrogens is 245 g/mol. The lowest BCUT2D eigenvalue weighted by Gasteiger charge is -2.12. The summed E-state index contributed by atoms with van der Waals surface area (Å²) >= 11 is 11.9. The van der Waals surface area contributed by atoms with E-state index < -0.39 is 0 Å². The van der Waals surface area contributed by atoms with Crippen molar-refractivity contribution in [2.45, 2.75) is 19.9 Å². The molecule has 2 aromatic rings. The van der Waals surface area contributed by atoms with Gasteiger partial charge in [0.1, 0.15) is 5.82 Å². The van der Waals surface area contributed by atoms with Gasteiger partial charge in [0.15, 0.2) is 0 Å². The molecule has 16 heavy (non-hydrogen) atoms. The van der Waals surface area contributed by atoms with Gasteiger partial charge in [-0.1, -0.05) is 17.7 Å². The zero-order chi connectivity index (χ0) is 11.7. The van der Waals surface area contributed by atoms with Gasteiger partial charge < -0.3 is 5.32 Å². The highest BCUT2D eigenvalue weighted by Gasteiger charge is 2.09. The first-order chi connectivity index (χ1) is 7.58. The van der Waals surface area contributed by atoms with E-state index in [1.165, 1.54) is 0 Å². The first-order valence-electron chi connectivity index (χ1n) is 4.96. The molecule has 0 aliphatic carbocycles. The number of benzene rings is 1. The number of nitrogens with one attached hydrogen (secondary N) is 1.